The normalized spacial score (nSPS) is 21.9. The lowest BCUT2D eigenvalue weighted by atomic mass is 9.96. The van der Waals surface area contributed by atoms with E-state index in [-0.39, 0.29) is 17.6 Å². The standard InChI is InChI=1S/C16H23FN2O/c1-12-5-2-8-15(12)16(20)19(10-4-9-18)14-7-3-6-13(17)11-14/h3,6-7,11-12,15H,2,4-5,8-10,18H2,1H3. The molecule has 2 unspecified atom stereocenters. The van der Waals surface area contributed by atoms with Crippen molar-refractivity contribution in [1.82, 2.24) is 0 Å². The molecule has 1 aliphatic carbocycles. The summed E-state index contributed by atoms with van der Waals surface area (Å²) in [6, 6.07) is 6.25. The Morgan fingerprint density at radius 2 is 2.25 bits per heavy atom. The maximum Gasteiger partial charge on any atom is 0.230 e. The monoisotopic (exact) mass is 278 g/mol. The summed E-state index contributed by atoms with van der Waals surface area (Å²) >= 11 is 0. The summed E-state index contributed by atoms with van der Waals surface area (Å²) < 4.78 is 13.4. The van der Waals surface area contributed by atoms with Crippen molar-refractivity contribution in [3.8, 4) is 0 Å². The third-order valence-electron chi connectivity index (χ3n) is 4.15. The van der Waals surface area contributed by atoms with Crippen molar-refractivity contribution in [2.75, 3.05) is 18.0 Å². The highest BCUT2D eigenvalue weighted by Gasteiger charge is 2.33. The molecule has 20 heavy (non-hydrogen) atoms. The van der Waals surface area contributed by atoms with Gasteiger partial charge in [-0.1, -0.05) is 19.4 Å². The summed E-state index contributed by atoms with van der Waals surface area (Å²) in [7, 11) is 0. The highest BCUT2D eigenvalue weighted by Crippen LogP contribution is 2.33. The quantitative estimate of drug-likeness (QED) is 0.900. The zero-order valence-corrected chi connectivity index (χ0v) is 12.0. The predicted molar refractivity (Wildman–Crippen MR) is 78.9 cm³/mol. The molecule has 0 bridgehead atoms. The van der Waals surface area contributed by atoms with Crippen LogP contribution in [0, 0.1) is 17.7 Å². The number of carbonyl (C=O) groups is 1. The van der Waals surface area contributed by atoms with Crippen LogP contribution >= 0.6 is 0 Å². The Balaban J connectivity index is 2.20. The number of anilines is 1. The van der Waals surface area contributed by atoms with Crippen LogP contribution in [0.25, 0.3) is 0 Å². The smallest absolute Gasteiger partial charge is 0.230 e. The molecule has 1 aliphatic rings. The fourth-order valence-corrected chi connectivity index (χ4v) is 2.97. The lowest BCUT2D eigenvalue weighted by Gasteiger charge is -2.27. The Hall–Kier alpha value is -1.42. The first-order chi connectivity index (χ1) is 9.63. The van der Waals surface area contributed by atoms with Crippen molar-refractivity contribution >= 4 is 11.6 Å². The Kier molecular flexibility index (Phi) is 5.12. The SMILES string of the molecule is CC1CCCC1C(=O)N(CCCN)c1cccc(F)c1. The summed E-state index contributed by atoms with van der Waals surface area (Å²) in [5.41, 5.74) is 6.19. The van der Waals surface area contributed by atoms with Gasteiger partial charge in [0.1, 0.15) is 5.82 Å². The number of rotatable bonds is 5. The van der Waals surface area contributed by atoms with Gasteiger partial charge < -0.3 is 10.6 Å². The third kappa shape index (κ3) is 3.37. The average Bonchev–Trinajstić information content (AvgIpc) is 2.85. The second kappa shape index (κ2) is 6.84. The molecular weight excluding hydrogens is 255 g/mol. The van der Waals surface area contributed by atoms with Crippen LogP contribution in [0.2, 0.25) is 0 Å². The molecule has 1 saturated carbocycles. The fourth-order valence-electron chi connectivity index (χ4n) is 2.97. The zero-order chi connectivity index (χ0) is 14.5. The Labute approximate surface area is 120 Å². The van der Waals surface area contributed by atoms with Crippen molar-refractivity contribution in [2.24, 2.45) is 17.6 Å². The van der Waals surface area contributed by atoms with E-state index >= 15 is 0 Å². The summed E-state index contributed by atoms with van der Waals surface area (Å²) in [5.74, 6) is 0.286. The summed E-state index contributed by atoms with van der Waals surface area (Å²) in [6.07, 6.45) is 3.87. The second-order valence-electron chi connectivity index (χ2n) is 5.63. The third-order valence-corrected chi connectivity index (χ3v) is 4.15. The number of halogens is 1. The Bertz CT molecular complexity index is 464. The van der Waals surface area contributed by atoms with E-state index in [1.54, 1.807) is 17.0 Å². The molecule has 0 radical (unpaired) electrons. The molecule has 0 spiro atoms. The van der Waals surface area contributed by atoms with Crippen LogP contribution in [-0.2, 0) is 4.79 Å². The minimum atomic E-state index is -0.312. The van der Waals surface area contributed by atoms with E-state index in [2.05, 4.69) is 6.92 Å². The minimum Gasteiger partial charge on any atom is -0.330 e. The summed E-state index contributed by atoms with van der Waals surface area (Å²) in [4.78, 5) is 14.4. The van der Waals surface area contributed by atoms with Gasteiger partial charge in [-0.2, -0.15) is 0 Å². The van der Waals surface area contributed by atoms with Crippen LogP contribution < -0.4 is 10.6 Å². The average molecular weight is 278 g/mol. The van der Waals surface area contributed by atoms with E-state index < -0.39 is 0 Å². The van der Waals surface area contributed by atoms with Gasteiger partial charge >= 0.3 is 0 Å². The van der Waals surface area contributed by atoms with Crippen molar-refractivity contribution in [3.63, 3.8) is 0 Å². The van der Waals surface area contributed by atoms with Crippen LogP contribution in [0.15, 0.2) is 24.3 Å². The summed E-state index contributed by atoms with van der Waals surface area (Å²) in [5, 5.41) is 0. The minimum absolute atomic E-state index is 0.0658. The van der Waals surface area contributed by atoms with Gasteiger partial charge in [0.15, 0.2) is 0 Å². The van der Waals surface area contributed by atoms with Gasteiger partial charge in [0.2, 0.25) is 5.91 Å². The zero-order valence-electron chi connectivity index (χ0n) is 12.0. The number of benzene rings is 1. The number of hydrogen-bond acceptors (Lipinski definition) is 2. The highest BCUT2D eigenvalue weighted by molar-refractivity contribution is 5.95. The van der Waals surface area contributed by atoms with Crippen LogP contribution in [0.5, 0.6) is 0 Å². The van der Waals surface area contributed by atoms with Crippen molar-refractivity contribution in [1.29, 1.82) is 0 Å². The maximum absolute atomic E-state index is 13.4. The number of amides is 1. The van der Waals surface area contributed by atoms with Gasteiger partial charge in [0.25, 0.3) is 0 Å². The molecule has 110 valence electrons. The van der Waals surface area contributed by atoms with E-state index in [0.29, 0.717) is 24.7 Å². The van der Waals surface area contributed by atoms with Crippen LogP contribution in [0.1, 0.15) is 32.6 Å². The van der Waals surface area contributed by atoms with Crippen molar-refractivity contribution in [3.05, 3.63) is 30.1 Å². The maximum atomic E-state index is 13.4. The number of carbonyl (C=O) groups excluding carboxylic acids is 1. The predicted octanol–water partition coefficient (Wildman–Crippen LogP) is 2.94. The van der Waals surface area contributed by atoms with E-state index in [0.717, 1.165) is 25.7 Å². The molecular formula is C16H23FN2O. The van der Waals surface area contributed by atoms with Gasteiger partial charge in [-0.15, -0.1) is 0 Å². The lowest BCUT2D eigenvalue weighted by Crippen LogP contribution is -2.38. The molecule has 3 nitrogen and oxygen atoms in total. The van der Waals surface area contributed by atoms with E-state index in [4.69, 9.17) is 5.73 Å². The van der Waals surface area contributed by atoms with Gasteiger partial charge in [-0.05, 0) is 49.9 Å². The highest BCUT2D eigenvalue weighted by atomic mass is 19.1. The van der Waals surface area contributed by atoms with E-state index in [1.807, 2.05) is 0 Å². The van der Waals surface area contributed by atoms with Gasteiger partial charge in [0.05, 0.1) is 0 Å². The Morgan fingerprint density at radius 1 is 1.45 bits per heavy atom. The number of hydrogen-bond donors (Lipinski definition) is 1. The molecule has 2 rings (SSSR count). The lowest BCUT2D eigenvalue weighted by molar-refractivity contribution is -0.123. The molecule has 0 heterocycles. The molecule has 1 aromatic rings. The fraction of sp³-hybridized carbons (Fsp3) is 0.562. The first-order valence-electron chi connectivity index (χ1n) is 7.40. The van der Waals surface area contributed by atoms with Gasteiger partial charge in [0, 0.05) is 18.2 Å². The molecule has 4 heteroatoms. The number of nitrogens with two attached hydrogens (primary N) is 1. The first-order valence-corrected chi connectivity index (χ1v) is 7.40. The van der Waals surface area contributed by atoms with Crippen LogP contribution in [-0.4, -0.2) is 19.0 Å². The first kappa shape index (κ1) is 15.0. The molecule has 2 N–H and O–H groups in total. The van der Waals surface area contributed by atoms with Crippen molar-refractivity contribution < 1.29 is 9.18 Å². The second-order valence-corrected chi connectivity index (χ2v) is 5.63. The van der Waals surface area contributed by atoms with E-state index in [9.17, 15) is 9.18 Å². The van der Waals surface area contributed by atoms with Gasteiger partial charge in [-0.3, -0.25) is 4.79 Å². The van der Waals surface area contributed by atoms with E-state index in [1.165, 1.54) is 12.1 Å². The topological polar surface area (TPSA) is 46.3 Å². The largest absolute Gasteiger partial charge is 0.330 e. The Morgan fingerprint density at radius 3 is 2.85 bits per heavy atom. The molecule has 2 atom stereocenters. The molecule has 0 aliphatic heterocycles. The van der Waals surface area contributed by atoms with Crippen molar-refractivity contribution in [2.45, 2.75) is 32.6 Å². The van der Waals surface area contributed by atoms with Crippen LogP contribution in [0.3, 0.4) is 0 Å². The van der Waals surface area contributed by atoms with Crippen LogP contribution in [0.4, 0.5) is 10.1 Å². The molecule has 1 fully saturated rings. The molecule has 1 amide bonds. The van der Waals surface area contributed by atoms with Gasteiger partial charge in [-0.25, -0.2) is 4.39 Å². The summed E-state index contributed by atoms with van der Waals surface area (Å²) in [6.45, 7) is 3.21. The molecule has 0 aromatic heterocycles. The molecule has 0 saturated heterocycles. The molecule has 1 aromatic carbocycles. The number of nitrogens with zero attached hydrogens (tertiary/aromatic N) is 1.